The molecule has 1 aliphatic carbocycles. The number of anilines is 3. The second kappa shape index (κ2) is 16.5. The molecule has 1 aromatic heterocycles. The number of hydrogen-bond donors (Lipinski definition) is 3. The lowest BCUT2D eigenvalue weighted by molar-refractivity contribution is -0.131. The van der Waals surface area contributed by atoms with Gasteiger partial charge in [0.15, 0.2) is 15.7 Å². The monoisotopic (exact) mass is 823 g/mol. The third-order valence-corrected chi connectivity index (χ3v) is 11.7. The van der Waals surface area contributed by atoms with Crippen molar-refractivity contribution < 1.29 is 46.2 Å². The van der Waals surface area contributed by atoms with E-state index in [0.717, 1.165) is 23.3 Å². The lowest BCUT2D eigenvalue weighted by Gasteiger charge is -2.29. The van der Waals surface area contributed by atoms with Gasteiger partial charge in [-0.2, -0.15) is 4.90 Å². The molecule has 4 aromatic rings. The number of amides is 3. The Morgan fingerprint density at radius 3 is 2.14 bits per heavy atom. The average molecular weight is 824 g/mol. The van der Waals surface area contributed by atoms with Gasteiger partial charge in [-0.15, -0.1) is 0 Å². The number of carbonyl (C=O) groups excluding carboxylic acids is 3. The van der Waals surface area contributed by atoms with Crippen LogP contribution in [0.15, 0.2) is 59.6 Å². The van der Waals surface area contributed by atoms with E-state index in [1.807, 2.05) is 13.8 Å². The van der Waals surface area contributed by atoms with E-state index in [2.05, 4.69) is 10.3 Å². The molecule has 0 aliphatic heterocycles. The molecule has 3 aromatic carbocycles. The highest BCUT2D eigenvalue weighted by Crippen LogP contribution is 2.38. The summed E-state index contributed by atoms with van der Waals surface area (Å²) in [7, 11) is -2.60. The molecule has 3 amide bonds. The van der Waals surface area contributed by atoms with Crippen molar-refractivity contribution >= 4 is 55.9 Å². The molecule has 16 heteroatoms. The molecular formula is C42H51F2N5O8S. The van der Waals surface area contributed by atoms with Gasteiger partial charge in [-0.3, -0.25) is 4.79 Å². The van der Waals surface area contributed by atoms with Crippen molar-refractivity contribution in [2.24, 2.45) is 0 Å². The van der Waals surface area contributed by atoms with Gasteiger partial charge in [-0.1, -0.05) is 25.1 Å². The predicted octanol–water partition coefficient (Wildman–Crippen LogP) is 7.92. The van der Waals surface area contributed by atoms with E-state index in [1.54, 1.807) is 59.7 Å². The number of nitrogens with zero attached hydrogens (tertiary/aromatic N) is 3. The summed E-state index contributed by atoms with van der Waals surface area (Å²) in [5.74, 6) is -3.08. The lowest BCUT2D eigenvalue weighted by Crippen LogP contribution is -2.44. The van der Waals surface area contributed by atoms with Gasteiger partial charge >= 0.3 is 12.2 Å². The van der Waals surface area contributed by atoms with Crippen molar-refractivity contribution in [2.75, 3.05) is 29.6 Å². The highest BCUT2D eigenvalue weighted by atomic mass is 32.2. The molecule has 1 fully saturated rings. The molecule has 0 saturated heterocycles. The zero-order valence-electron chi connectivity index (χ0n) is 34.1. The van der Waals surface area contributed by atoms with E-state index in [9.17, 15) is 27.9 Å². The van der Waals surface area contributed by atoms with Crippen LogP contribution in [0.3, 0.4) is 0 Å². The van der Waals surface area contributed by atoms with E-state index in [1.165, 1.54) is 36.3 Å². The molecule has 1 aliphatic rings. The number of hydrogen-bond acceptors (Lipinski definition) is 11. The number of ether oxygens (including phenoxy) is 2. The van der Waals surface area contributed by atoms with Gasteiger partial charge in [0.25, 0.3) is 0 Å². The Morgan fingerprint density at radius 1 is 0.966 bits per heavy atom. The van der Waals surface area contributed by atoms with Gasteiger partial charge in [-0.25, -0.2) is 31.8 Å². The number of fused-ring (bicyclic) bond motifs is 1. The largest absolute Gasteiger partial charge is 0.443 e. The number of halogens is 2. The third kappa shape index (κ3) is 9.84. The van der Waals surface area contributed by atoms with Crippen molar-refractivity contribution in [3.05, 3.63) is 88.6 Å². The molecule has 1 heterocycles. The molecule has 0 bridgehead atoms. The van der Waals surface area contributed by atoms with E-state index < -0.39 is 67.0 Å². The van der Waals surface area contributed by atoms with Crippen LogP contribution in [0.25, 0.3) is 10.8 Å². The Kier molecular flexibility index (Phi) is 12.4. The first-order valence-electron chi connectivity index (χ1n) is 18.8. The Balaban J connectivity index is 1.59. The SMILES string of the molecule is Cc1cc(C(Nc2cc(F)c3c(N(C(=O)OC(C)(C)C)C(=O)OC(C)(C)C)nccc3c2)C(=O)N(C)Cc2cc(N)cc(F)c2S(=O)(=O)C2CC2)ccc1[C@@H](C)CO. The number of rotatable bonds is 11. The Labute approximate surface area is 337 Å². The first-order chi connectivity index (χ1) is 26.9. The van der Waals surface area contributed by atoms with Gasteiger partial charge in [0.1, 0.15) is 33.8 Å². The van der Waals surface area contributed by atoms with Crippen molar-refractivity contribution in [3.63, 3.8) is 0 Å². The first-order valence-corrected chi connectivity index (χ1v) is 20.4. The zero-order chi connectivity index (χ0) is 43.1. The fourth-order valence-corrected chi connectivity index (χ4v) is 8.47. The van der Waals surface area contributed by atoms with Crippen LogP contribution < -0.4 is 16.0 Å². The summed E-state index contributed by atoms with van der Waals surface area (Å²) < 4.78 is 69.4. The van der Waals surface area contributed by atoms with Gasteiger partial charge in [0, 0.05) is 43.7 Å². The number of sulfone groups is 1. The fraction of sp³-hybridized carbons (Fsp3) is 0.429. The van der Waals surface area contributed by atoms with Crippen molar-refractivity contribution in [3.8, 4) is 0 Å². The maximum absolute atomic E-state index is 16.5. The van der Waals surface area contributed by atoms with Crippen molar-refractivity contribution in [1.29, 1.82) is 0 Å². The first kappa shape index (κ1) is 43.8. The molecule has 312 valence electrons. The number of benzene rings is 3. The van der Waals surface area contributed by atoms with E-state index in [-0.39, 0.29) is 52.6 Å². The number of aryl methyl sites for hydroxylation is 1. The number of nitrogens with two attached hydrogens (primary N) is 1. The maximum atomic E-state index is 16.5. The van der Waals surface area contributed by atoms with Crippen LogP contribution in [0, 0.1) is 18.6 Å². The fourth-order valence-electron chi connectivity index (χ4n) is 6.56. The van der Waals surface area contributed by atoms with E-state index in [4.69, 9.17) is 15.2 Å². The number of likely N-dealkylation sites (N-methyl/N-ethyl adjacent to an activating group) is 1. The van der Waals surface area contributed by atoms with Gasteiger partial charge in [0.2, 0.25) is 5.91 Å². The van der Waals surface area contributed by atoms with Crippen molar-refractivity contribution in [1.82, 2.24) is 9.88 Å². The summed E-state index contributed by atoms with van der Waals surface area (Å²) in [6.45, 7) is 12.9. The molecule has 13 nitrogen and oxygen atoms in total. The van der Waals surface area contributed by atoms with Gasteiger partial charge in [-0.05, 0) is 119 Å². The Morgan fingerprint density at radius 2 is 1.59 bits per heavy atom. The molecule has 4 N–H and O–H groups in total. The summed E-state index contributed by atoms with van der Waals surface area (Å²) in [6.07, 6.45) is -0.201. The van der Waals surface area contributed by atoms with Gasteiger partial charge in [0.05, 0.1) is 10.6 Å². The van der Waals surface area contributed by atoms with Crippen LogP contribution in [-0.4, -0.2) is 71.6 Å². The summed E-state index contributed by atoms with van der Waals surface area (Å²) in [5.41, 5.74) is 6.05. The summed E-state index contributed by atoms with van der Waals surface area (Å²) in [6, 6.07) is 10.3. The predicted molar refractivity (Wildman–Crippen MR) is 217 cm³/mol. The highest BCUT2D eigenvalue weighted by Gasteiger charge is 2.41. The molecule has 58 heavy (non-hydrogen) atoms. The summed E-state index contributed by atoms with van der Waals surface area (Å²) >= 11 is 0. The van der Waals surface area contributed by atoms with Crippen LogP contribution in [-0.2, 0) is 30.7 Å². The van der Waals surface area contributed by atoms with E-state index in [0.29, 0.717) is 23.3 Å². The standard InChI is InChI=1S/C42H51F2N5O8S/c1-23-16-26(10-13-31(23)24(2)22-50)35(38(51)48(9)21-27-17-28(45)19-33(44)36(27)58(54,55)30-11-12-30)47-29-18-25-14-15-46-37(34(25)32(43)20-29)49(39(52)56-41(3,4)5)40(53)57-42(6,7)8/h10,13-20,24,30,35,47,50H,11-12,21-22,45H2,1-9H3/t24-,35?/m0/s1. The van der Waals surface area contributed by atoms with Crippen LogP contribution in [0.4, 0.5) is 35.6 Å². The van der Waals surface area contributed by atoms with Crippen LogP contribution in [0.1, 0.15) is 95.5 Å². The molecule has 2 atom stereocenters. The number of aliphatic hydroxyl groups is 1. The molecular weight excluding hydrogens is 773 g/mol. The van der Waals surface area contributed by atoms with Crippen LogP contribution >= 0.6 is 0 Å². The molecule has 1 unspecified atom stereocenters. The normalized spacial score (nSPS) is 14.4. The minimum absolute atomic E-state index is 0.0126. The second-order valence-corrected chi connectivity index (χ2v) is 18.9. The number of nitrogen functional groups attached to an aromatic ring is 1. The smallest absolute Gasteiger partial charge is 0.425 e. The Bertz CT molecular complexity index is 2330. The topological polar surface area (TPSA) is 181 Å². The van der Waals surface area contributed by atoms with Crippen LogP contribution in [0.5, 0.6) is 0 Å². The minimum atomic E-state index is -4.03. The number of aliphatic hydroxyl groups excluding tert-OH is 1. The lowest BCUT2D eigenvalue weighted by atomic mass is 9.93. The number of imide groups is 1. The number of aromatic nitrogens is 1. The highest BCUT2D eigenvalue weighted by molar-refractivity contribution is 7.92. The third-order valence-electron chi connectivity index (χ3n) is 9.32. The minimum Gasteiger partial charge on any atom is -0.443 e. The number of nitrogens with one attached hydrogen (secondary N) is 1. The van der Waals surface area contributed by atoms with Gasteiger partial charge < -0.3 is 30.5 Å². The van der Waals surface area contributed by atoms with Crippen molar-refractivity contribution in [2.45, 2.75) is 108 Å². The molecule has 0 spiro atoms. The quantitative estimate of drug-likeness (QED) is 0.125. The second-order valence-electron chi connectivity index (χ2n) is 16.7. The summed E-state index contributed by atoms with van der Waals surface area (Å²) in [5, 5.41) is 12.2. The zero-order valence-corrected chi connectivity index (χ0v) is 35.0. The summed E-state index contributed by atoms with van der Waals surface area (Å²) in [4.78, 5) is 46.9. The average Bonchev–Trinajstić information content (AvgIpc) is 3.95. The number of pyridine rings is 1. The molecule has 5 rings (SSSR count). The Hall–Kier alpha value is -5.35. The maximum Gasteiger partial charge on any atom is 0.425 e. The van der Waals surface area contributed by atoms with E-state index >= 15 is 8.78 Å². The molecule has 0 radical (unpaired) electrons. The molecule has 1 saturated carbocycles. The van der Waals surface area contributed by atoms with Crippen LogP contribution in [0.2, 0.25) is 0 Å². The number of carbonyl (C=O) groups is 3.